The first-order chi connectivity index (χ1) is 4.92. The predicted molar refractivity (Wildman–Crippen MR) is 46.4 cm³/mol. The fraction of sp³-hybridized carbons (Fsp3) is 0.889. The lowest BCUT2D eigenvalue weighted by Gasteiger charge is -2.08. The van der Waals surface area contributed by atoms with Gasteiger partial charge in [0.05, 0.1) is 6.07 Å². The molecule has 2 heteroatoms. The van der Waals surface area contributed by atoms with E-state index in [1.165, 1.54) is 25.7 Å². The second kappa shape index (κ2) is 3.45. The summed E-state index contributed by atoms with van der Waals surface area (Å²) in [6, 6.07) is 2.31. The van der Waals surface area contributed by atoms with Gasteiger partial charge in [-0.15, -0.1) is 12.4 Å². The number of rotatable bonds is 3. The Morgan fingerprint density at radius 1 is 1.18 bits per heavy atom. The molecule has 2 rings (SSSR count). The van der Waals surface area contributed by atoms with Gasteiger partial charge in [0, 0.05) is 6.42 Å². The summed E-state index contributed by atoms with van der Waals surface area (Å²) in [5.41, 5.74) is 0. The minimum Gasteiger partial charge on any atom is -0.198 e. The van der Waals surface area contributed by atoms with E-state index < -0.39 is 0 Å². The molecule has 0 amide bonds. The van der Waals surface area contributed by atoms with E-state index in [4.69, 9.17) is 5.26 Å². The van der Waals surface area contributed by atoms with Crippen molar-refractivity contribution in [3.63, 3.8) is 0 Å². The lowest BCUT2D eigenvalue weighted by atomic mass is 9.95. The molecule has 2 aliphatic rings. The monoisotopic (exact) mass is 171 g/mol. The summed E-state index contributed by atoms with van der Waals surface area (Å²) in [6.07, 6.45) is 6.45. The van der Waals surface area contributed by atoms with E-state index in [1.54, 1.807) is 0 Å². The van der Waals surface area contributed by atoms with E-state index in [0.29, 0.717) is 0 Å². The minimum absolute atomic E-state index is 0. The number of hydrogen-bond donors (Lipinski definition) is 0. The third kappa shape index (κ3) is 2.10. The lowest BCUT2D eigenvalue weighted by molar-refractivity contribution is 0.414. The van der Waals surface area contributed by atoms with Crippen molar-refractivity contribution in [2.24, 2.45) is 17.8 Å². The van der Waals surface area contributed by atoms with Gasteiger partial charge < -0.3 is 0 Å². The maximum absolute atomic E-state index is 8.54. The standard InChI is InChI=1S/C9H13N.ClH/c10-6-5-9(7-1-2-7)8-3-4-8;/h7-9H,1-5H2;1H. The van der Waals surface area contributed by atoms with Crippen LogP contribution in [0, 0.1) is 29.1 Å². The molecule has 0 aromatic rings. The SMILES string of the molecule is Cl.N#CCC(C1CC1)C1CC1. The second-order valence-corrected chi connectivity index (χ2v) is 3.70. The van der Waals surface area contributed by atoms with Crippen LogP contribution in [0.25, 0.3) is 0 Å². The number of nitriles is 1. The average molecular weight is 172 g/mol. The van der Waals surface area contributed by atoms with Crippen LogP contribution in [0.1, 0.15) is 32.1 Å². The zero-order valence-electron chi connectivity index (χ0n) is 6.62. The Morgan fingerprint density at radius 3 is 1.91 bits per heavy atom. The van der Waals surface area contributed by atoms with Crippen LogP contribution < -0.4 is 0 Å². The van der Waals surface area contributed by atoms with Crippen molar-refractivity contribution in [1.29, 1.82) is 5.26 Å². The fourth-order valence-corrected chi connectivity index (χ4v) is 1.87. The summed E-state index contributed by atoms with van der Waals surface area (Å²) in [7, 11) is 0. The fourth-order valence-electron chi connectivity index (χ4n) is 1.87. The van der Waals surface area contributed by atoms with Gasteiger partial charge in [0.2, 0.25) is 0 Å². The summed E-state index contributed by atoms with van der Waals surface area (Å²) in [5, 5.41) is 8.54. The molecule has 0 bridgehead atoms. The van der Waals surface area contributed by atoms with Crippen LogP contribution in [0.3, 0.4) is 0 Å². The molecule has 0 spiro atoms. The molecule has 0 heterocycles. The summed E-state index contributed by atoms with van der Waals surface area (Å²) in [6.45, 7) is 0. The van der Waals surface area contributed by atoms with Gasteiger partial charge in [0.25, 0.3) is 0 Å². The van der Waals surface area contributed by atoms with Gasteiger partial charge >= 0.3 is 0 Å². The minimum atomic E-state index is 0. The van der Waals surface area contributed by atoms with E-state index in [9.17, 15) is 0 Å². The van der Waals surface area contributed by atoms with Crippen LogP contribution in [0.5, 0.6) is 0 Å². The van der Waals surface area contributed by atoms with E-state index in [-0.39, 0.29) is 12.4 Å². The third-order valence-corrected chi connectivity index (χ3v) is 2.78. The van der Waals surface area contributed by atoms with Crippen LogP contribution in [0.15, 0.2) is 0 Å². The van der Waals surface area contributed by atoms with Crippen molar-refractivity contribution in [3.8, 4) is 6.07 Å². The normalized spacial score (nSPS) is 22.5. The van der Waals surface area contributed by atoms with Crippen LogP contribution in [-0.2, 0) is 0 Å². The highest BCUT2D eigenvalue weighted by atomic mass is 35.5. The van der Waals surface area contributed by atoms with Crippen molar-refractivity contribution < 1.29 is 0 Å². The summed E-state index contributed by atoms with van der Waals surface area (Å²) < 4.78 is 0. The largest absolute Gasteiger partial charge is 0.198 e. The first-order valence-electron chi connectivity index (χ1n) is 4.29. The molecule has 0 N–H and O–H groups in total. The van der Waals surface area contributed by atoms with Gasteiger partial charge in [-0.3, -0.25) is 0 Å². The highest BCUT2D eigenvalue weighted by Gasteiger charge is 2.40. The van der Waals surface area contributed by atoms with Crippen molar-refractivity contribution in [2.45, 2.75) is 32.1 Å². The van der Waals surface area contributed by atoms with Crippen molar-refractivity contribution in [2.75, 3.05) is 0 Å². The Balaban J connectivity index is 0.000000605. The predicted octanol–water partition coefficient (Wildman–Crippen LogP) is 2.76. The second-order valence-electron chi connectivity index (χ2n) is 3.70. The Hall–Kier alpha value is -0.220. The molecule has 0 aromatic heterocycles. The quantitative estimate of drug-likeness (QED) is 0.641. The number of hydrogen-bond acceptors (Lipinski definition) is 1. The highest BCUT2D eigenvalue weighted by molar-refractivity contribution is 5.85. The van der Waals surface area contributed by atoms with Gasteiger partial charge in [-0.1, -0.05) is 0 Å². The molecule has 0 atom stereocenters. The molecule has 0 aromatic carbocycles. The maximum atomic E-state index is 8.54. The van der Waals surface area contributed by atoms with Gasteiger partial charge in [-0.2, -0.15) is 5.26 Å². The number of nitrogens with zero attached hydrogens (tertiary/aromatic N) is 1. The zero-order chi connectivity index (χ0) is 6.97. The van der Waals surface area contributed by atoms with Crippen molar-refractivity contribution in [3.05, 3.63) is 0 Å². The molecule has 11 heavy (non-hydrogen) atoms. The molecular weight excluding hydrogens is 158 g/mol. The van der Waals surface area contributed by atoms with E-state index in [1.807, 2.05) is 0 Å². The Labute approximate surface area is 74.2 Å². The Morgan fingerprint density at radius 2 is 1.64 bits per heavy atom. The maximum Gasteiger partial charge on any atom is 0.0624 e. The van der Waals surface area contributed by atoms with E-state index in [2.05, 4.69) is 6.07 Å². The van der Waals surface area contributed by atoms with Gasteiger partial charge in [-0.05, 0) is 43.4 Å². The van der Waals surface area contributed by atoms with Gasteiger partial charge in [-0.25, -0.2) is 0 Å². The van der Waals surface area contributed by atoms with Crippen LogP contribution in [0.2, 0.25) is 0 Å². The summed E-state index contributed by atoms with van der Waals surface area (Å²) >= 11 is 0. The highest BCUT2D eigenvalue weighted by Crippen LogP contribution is 2.50. The first-order valence-corrected chi connectivity index (χ1v) is 4.29. The zero-order valence-corrected chi connectivity index (χ0v) is 7.44. The summed E-state index contributed by atoms with van der Waals surface area (Å²) in [5.74, 6) is 2.70. The number of halogens is 1. The van der Waals surface area contributed by atoms with Crippen LogP contribution >= 0.6 is 12.4 Å². The molecule has 2 fully saturated rings. The molecule has 0 aliphatic heterocycles. The average Bonchev–Trinajstić information content (AvgIpc) is 2.77. The lowest BCUT2D eigenvalue weighted by Crippen LogP contribution is -2.03. The van der Waals surface area contributed by atoms with Crippen molar-refractivity contribution >= 4 is 12.4 Å². The van der Waals surface area contributed by atoms with Crippen molar-refractivity contribution in [1.82, 2.24) is 0 Å². The van der Waals surface area contributed by atoms with E-state index >= 15 is 0 Å². The van der Waals surface area contributed by atoms with Crippen LogP contribution in [0.4, 0.5) is 0 Å². The molecule has 0 radical (unpaired) electrons. The molecule has 0 saturated heterocycles. The molecular formula is C9H14ClN. The molecule has 1 nitrogen and oxygen atoms in total. The molecule has 2 saturated carbocycles. The molecule has 0 unspecified atom stereocenters. The molecule has 62 valence electrons. The van der Waals surface area contributed by atoms with E-state index in [0.717, 1.165) is 24.2 Å². The summed E-state index contributed by atoms with van der Waals surface area (Å²) in [4.78, 5) is 0. The topological polar surface area (TPSA) is 23.8 Å². The Bertz CT molecular complexity index is 153. The molecule has 2 aliphatic carbocycles. The Kier molecular flexibility index (Phi) is 2.78. The van der Waals surface area contributed by atoms with Gasteiger partial charge in [0.15, 0.2) is 0 Å². The van der Waals surface area contributed by atoms with Crippen LogP contribution in [-0.4, -0.2) is 0 Å². The first kappa shape index (κ1) is 8.87. The van der Waals surface area contributed by atoms with Gasteiger partial charge in [0.1, 0.15) is 0 Å². The smallest absolute Gasteiger partial charge is 0.0624 e. The third-order valence-electron chi connectivity index (χ3n) is 2.78.